The first kappa shape index (κ1) is 21.3. The number of H-pyrrole nitrogens is 1. The van der Waals surface area contributed by atoms with E-state index in [-0.39, 0.29) is 22.6 Å². The third-order valence-corrected chi connectivity index (χ3v) is 6.04. The molecule has 0 atom stereocenters. The summed E-state index contributed by atoms with van der Waals surface area (Å²) in [6, 6.07) is 1.45. The van der Waals surface area contributed by atoms with Crippen LogP contribution in [0.3, 0.4) is 0 Å². The molecule has 8 nitrogen and oxygen atoms in total. The fourth-order valence-corrected chi connectivity index (χ4v) is 4.59. The Morgan fingerprint density at radius 1 is 1.31 bits per heavy atom. The fraction of sp³-hybridized carbons (Fsp3) is 0.353. The van der Waals surface area contributed by atoms with E-state index in [2.05, 4.69) is 15.3 Å². The Hall–Kier alpha value is -2.37. The number of hydrogen-bond acceptors (Lipinski definition) is 6. The van der Waals surface area contributed by atoms with E-state index >= 15 is 0 Å². The Morgan fingerprint density at radius 2 is 1.97 bits per heavy atom. The van der Waals surface area contributed by atoms with Crippen LogP contribution in [0.25, 0.3) is 0 Å². The first-order valence-electron chi connectivity index (χ1n) is 8.64. The minimum absolute atomic E-state index is 0.133. The van der Waals surface area contributed by atoms with Crippen LogP contribution >= 0.6 is 11.6 Å². The molecule has 3 rings (SSSR count). The van der Waals surface area contributed by atoms with Crippen LogP contribution in [0.1, 0.15) is 28.8 Å². The molecule has 1 aliphatic rings. The van der Waals surface area contributed by atoms with Gasteiger partial charge in [-0.1, -0.05) is 11.6 Å². The minimum atomic E-state index is -3.73. The SMILES string of the molecule is CS(=O)(=O)N(c1nc(=N)c(C(=O)c2c(Cl)ccc(F)c2F)c[nH]1)C1CCNCC1. The van der Waals surface area contributed by atoms with Crippen molar-refractivity contribution in [3.63, 3.8) is 0 Å². The van der Waals surface area contributed by atoms with Gasteiger partial charge in [-0.15, -0.1) is 0 Å². The second-order valence-corrected chi connectivity index (χ2v) is 8.84. The summed E-state index contributed by atoms with van der Waals surface area (Å²) in [5.41, 5.74) is -1.69. The smallest absolute Gasteiger partial charge is 0.234 e. The first-order valence-corrected chi connectivity index (χ1v) is 10.9. The van der Waals surface area contributed by atoms with Crippen molar-refractivity contribution >= 4 is 33.4 Å². The van der Waals surface area contributed by atoms with E-state index in [4.69, 9.17) is 17.0 Å². The second kappa shape index (κ2) is 8.17. The maximum atomic E-state index is 14.1. The summed E-state index contributed by atoms with van der Waals surface area (Å²) in [5, 5.41) is 10.9. The zero-order valence-electron chi connectivity index (χ0n) is 15.3. The molecule has 0 saturated carbocycles. The lowest BCUT2D eigenvalue weighted by Gasteiger charge is -2.33. The molecule has 1 fully saturated rings. The number of hydrogen-bond donors (Lipinski definition) is 3. The van der Waals surface area contributed by atoms with Gasteiger partial charge in [0.15, 0.2) is 17.1 Å². The van der Waals surface area contributed by atoms with Gasteiger partial charge >= 0.3 is 0 Å². The van der Waals surface area contributed by atoms with Crippen LogP contribution in [0.4, 0.5) is 14.7 Å². The number of benzene rings is 1. The molecule has 0 unspecified atom stereocenters. The van der Waals surface area contributed by atoms with Gasteiger partial charge in [0.2, 0.25) is 21.8 Å². The molecule has 29 heavy (non-hydrogen) atoms. The van der Waals surface area contributed by atoms with Gasteiger partial charge in [0.05, 0.1) is 28.4 Å². The number of nitrogens with one attached hydrogen (secondary N) is 3. The topological polar surface area (TPSA) is 119 Å². The molecule has 2 aromatic rings. The summed E-state index contributed by atoms with van der Waals surface area (Å²) in [4.78, 5) is 19.1. The molecule has 1 aliphatic heterocycles. The van der Waals surface area contributed by atoms with E-state index in [9.17, 15) is 22.0 Å². The van der Waals surface area contributed by atoms with Crippen LogP contribution in [-0.4, -0.2) is 49.6 Å². The highest BCUT2D eigenvalue weighted by Gasteiger charge is 2.31. The van der Waals surface area contributed by atoms with Gasteiger partial charge in [-0.05, 0) is 38.1 Å². The number of nitrogens with zero attached hydrogens (tertiary/aromatic N) is 2. The molecule has 2 heterocycles. The Balaban J connectivity index is 2.03. The zero-order valence-corrected chi connectivity index (χ0v) is 16.9. The number of sulfonamides is 1. The number of carbonyl (C=O) groups is 1. The van der Waals surface area contributed by atoms with Crippen molar-refractivity contribution in [2.75, 3.05) is 23.7 Å². The predicted octanol–water partition coefficient (Wildman–Crippen LogP) is 1.57. The number of piperidine rings is 1. The Labute approximate surface area is 170 Å². The van der Waals surface area contributed by atoms with Crippen molar-refractivity contribution in [3.8, 4) is 0 Å². The Morgan fingerprint density at radius 3 is 2.55 bits per heavy atom. The molecule has 1 aromatic carbocycles. The summed E-state index contributed by atoms with van der Waals surface area (Å²) in [6.45, 7) is 1.25. The lowest BCUT2D eigenvalue weighted by molar-refractivity contribution is 0.103. The Bertz CT molecular complexity index is 1120. The standard InChI is InChI=1S/C17H18ClF2N5O3S/c1-29(27,28)25(9-4-6-22-7-5-9)17-23-8-10(16(21)24-17)15(26)13-11(18)2-3-12(19)14(13)20/h2-3,8-9,22H,4-7H2,1H3,(H2,21,23,24). The lowest BCUT2D eigenvalue weighted by atomic mass is 10.0. The van der Waals surface area contributed by atoms with E-state index in [1.54, 1.807) is 0 Å². The molecule has 0 radical (unpaired) electrons. The van der Waals surface area contributed by atoms with Crippen molar-refractivity contribution in [1.29, 1.82) is 5.41 Å². The summed E-state index contributed by atoms with van der Waals surface area (Å²) in [7, 11) is -3.73. The summed E-state index contributed by atoms with van der Waals surface area (Å²) >= 11 is 5.83. The van der Waals surface area contributed by atoms with Crippen molar-refractivity contribution in [1.82, 2.24) is 15.3 Å². The molecule has 3 N–H and O–H groups in total. The van der Waals surface area contributed by atoms with E-state index < -0.39 is 38.5 Å². The Kier molecular flexibility index (Phi) is 6.01. The van der Waals surface area contributed by atoms with Crippen molar-refractivity contribution in [2.45, 2.75) is 18.9 Å². The number of rotatable bonds is 5. The number of aromatic amines is 1. The molecule has 1 saturated heterocycles. The number of ketones is 1. The number of anilines is 1. The van der Waals surface area contributed by atoms with Crippen LogP contribution in [0.15, 0.2) is 18.3 Å². The molecule has 0 bridgehead atoms. The van der Waals surface area contributed by atoms with E-state index in [1.807, 2.05) is 0 Å². The fourth-order valence-electron chi connectivity index (χ4n) is 3.20. The van der Waals surface area contributed by atoms with E-state index in [1.165, 1.54) is 0 Å². The van der Waals surface area contributed by atoms with Crippen molar-refractivity contribution < 1.29 is 22.0 Å². The maximum absolute atomic E-state index is 14.1. The van der Waals surface area contributed by atoms with Gasteiger partial charge in [0, 0.05) is 6.20 Å². The van der Waals surface area contributed by atoms with Gasteiger partial charge in [-0.3, -0.25) is 10.2 Å². The van der Waals surface area contributed by atoms with Crippen LogP contribution in [-0.2, 0) is 10.0 Å². The molecule has 12 heteroatoms. The lowest BCUT2D eigenvalue weighted by Crippen LogP contribution is -2.47. The maximum Gasteiger partial charge on any atom is 0.234 e. The largest absolute Gasteiger partial charge is 0.331 e. The average molecular weight is 446 g/mol. The summed E-state index contributed by atoms with van der Waals surface area (Å²) in [5.74, 6) is -3.86. The van der Waals surface area contributed by atoms with Gasteiger partial charge in [0.25, 0.3) is 0 Å². The van der Waals surface area contributed by atoms with Crippen molar-refractivity contribution in [2.24, 2.45) is 0 Å². The average Bonchev–Trinajstić information content (AvgIpc) is 2.65. The summed E-state index contributed by atoms with van der Waals surface area (Å²) < 4.78 is 53.3. The summed E-state index contributed by atoms with van der Waals surface area (Å²) in [6.07, 6.45) is 3.16. The molecule has 0 aliphatic carbocycles. The first-order chi connectivity index (χ1) is 13.6. The highest BCUT2D eigenvalue weighted by atomic mass is 35.5. The zero-order chi connectivity index (χ0) is 21.3. The third-order valence-electron chi connectivity index (χ3n) is 4.54. The van der Waals surface area contributed by atoms with Crippen LogP contribution in [0.2, 0.25) is 5.02 Å². The molecular weight excluding hydrogens is 428 g/mol. The third kappa shape index (κ3) is 4.31. The van der Waals surface area contributed by atoms with E-state index in [0.717, 1.165) is 28.9 Å². The van der Waals surface area contributed by atoms with Crippen LogP contribution in [0.5, 0.6) is 0 Å². The van der Waals surface area contributed by atoms with Crippen molar-refractivity contribution in [3.05, 3.63) is 51.6 Å². The van der Waals surface area contributed by atoms with Gasteiger partial charge in [-0.25, -0.2) is 21.5 Å². The van der Waals surface area contributed by atoms with Gasteiger partial charge < -0.3 is 10.3 Å². The van der Waals surface area contributed by atoms with Crippen LogP contribution in [0, 0.1) is 17.0 Å². The molecule has 1 aromatic heterocycles. The quantitative estimate of drug-likeness (QED) is 0.476. The molecular formula is C17H18ClF2N5O3S. The van der Waals surface area contributed by atoms with E-state index in [0.29, 0.717) is 25.9 Å². The van der Waals surface area contributed by atoms with Gasteiger partial charge in [-0.2, -0.15) is 4.98 Å². The normalized spacial score (nSPS) is 15.3. The molecule has 156 valence electrons. The predicted molar refractivity (Wildman–Crippen MR) is 102 cm³/mol. The monoisotopic (exact) mass is 445 g/mol. The molecule has 0 amide bonds. The highest BCUT2D eigenvalue weighted by Crippen LogP contribution is 2.24. The number of carbonyl (C=O) groups excluding carboxylic acids is 1. The van der Waals surface area contributed by atoms with Crippen LogP contribution < -0.4 is 15.1 Å². The number of halogens is 3. The minimum Gasteiger partial charge on any atom is -0.331 e. The second-order valence-electron chi connectivity index (χ2n) is 6.57. The molecule has 0 spiro atoms. The number of aromatic nitrogens is 2. The highest BCUT2D eigenvalue weighted by molar-refractivity contribution is 7.92. The van der Waals surface area contributed by atoms with Gasteiger partial charge in [0.1, 0.15) is 0 Å².